The van der Waals surface area contributed by atoms with Crippen molar-refractivity contribution in [3.8, 4) is 5.75 Å². The van der Waals surface area contributed by atoms with E-state index in [2.05, 4.69) is 21.2 Å². The van der Waals surface area contributed by atoms with Crippen molar-refractivity contribution in [3.63, 3.8) is 0 Å². The van der Waals surface area contributed by atoms with E-state index in [-0.39, 0.29) is 15.9 Å². The van der Waals surface area contributed by atoms with Crippen LogP contribution in [0.3, 0.4) is 0 Å². The van der Waals surface area contributed by atoms with Crippen molar-refractivity contribution in [2.45, 2.75) is 0 Å². The number of methoxy groups -OCH3 is 1. The fourth-order valence-corrected chi connectivity index (χ4v) is 1.56. The van der Waals surface area contributed by atoms with Gasteiger partial charge >= 0.3 is 5.69 Å². The summed E-state index contributed by atoms with van der Waals surface area (Å²) in [6.07, 6.45) is 0. The Morgan fingerprint density at radius 1 is 1.67 bits per heavy atom. The number of benzene rings is 1. The van der Waals surface area contributed by atoms with Crippen molar-refractivity contribution in [2.24, 2.45) is 0 Å². The van der Waals surface area contributed by atoms with E-state index in [0.717, 1.165) is 0 Å². The molecule has 1 aromatic rings. The molecule has 0 aliphatic rings. The molecular formula is C8H8BrFN2O3. The predicted molar refractivity (Wildman–Crippen MR) is 56.9 cm³/mol. The van der Waals surface area contributed by atoms with Crippen LogP contribution in [0, 0.1) is 15.9 Å². The number of rotatable bonds is 3. The molecule has 0 aliphatic carbocycles. The largest absolute Gasteiger partial charge is 0.490 e. The molecule has 7 heteroatoms. The summed E-state index contributed by atoms with van der Waals surface area (Å²) in [5, 5.41) is 13.2. The van der Waals surface area contributed by atoms with Crippen LogP contribution in [0.4, 0.5) is 15.8 Å². The Morgan fingerprint density at radius 2 is 2.27 bits per heavy atom. The van der Waals surface area contributed by atoms with Gasteiger partial charge in [-0.2, -0.15) is 0 Å². The van der Waals surface area contributed by atoms with Crippen molar-refractivity contribution in [1.29, 1.82) is 0 Å². The van der Waals surface area contributed by atoms with Gasteiger partial charge in [-0.05, 0) is 15.9 Å². The monoisotopic (exact) mass is 278 g/mol. The molecule has 0 saturated carbocycles. The van der Waals surface area contributed by atoms with E-state index in [1.54, 1.807) is 0 Å². The van der Waals surface area contributed by atoms with Crippen molar-refractivity contribution in [1.82, 2.24) is 0 Å². The van der Waals surface area contributed by atoms with Gasteiger partial charge in [-0.1, -0.05) is 0 Å². The highest BCUT2D eigenvalue weighted by Crippen LogP contribution is 2.40. The second-order valence-electron chi connectivity index (χ2n) is 2.61. The number of halogens is 2. The SMILES string of the molecule is CNc1c(F)c(Br)cc(OC)c1[N+](=O)[O-]. The zero-order chi connectivity index (χ0) is 11.6. The lowest BCUT2D eigenvalue weighted by atomic mass is 10.2. The first-order valence-corrected chi connectivity index (χ1v) is 4.70. The number of nitrogens with zero attached hydrogens (tertiary/aromatic N) is 1. The lowest BCUT2D eigenvalue weighted by Crippen LogP contribution is -2.02. The van der Waals surface area contributed by atoms with Gasteiger partial charge in [0.15, 0.2) is 17.3 Å². The van der Waals surface area contributed by atoms with Gasteiger partial charge in [-0.15, -0.1) is 0 Å². The summed E-state index contributed by atoms with van der Waals surface area (Å²) in [6, 6.07) is 1.22. The van der Waals surface area contributed by atoms with E-state index in [0.29, 0.717) is 0 Å². The first kappa shape index (κ1) is 11.7. The van der Waals surface area contributed by atoms with E-state index < -0.39 is 16.4 Å². The van der Waals surface area contributed by atoms with Gasteiger partial charge in [0.2, 0.25) is 0 Å². The normalized spacial score (nSPS) is 9.87. The van der Waals surface area contributed by atoms with Crippen LogP contribution in [0.1, 0.15) is 0 Å². The topological polar surface area (TPSA) is 64.4 Å². The number of anilines is 1. The molecular weight excluding hydrogens is 271 g/mol. The lowest BCUT2D eigenvalue weighted by molar-refractivity contribution is -0.385. The van der Waals surface area contributed by atoms with Crippen LogP contribution in [0.25, 0.3) is 0 Å². The molecule has 0 heterocycles. The van der Waals surface area contributed by atoms with Crippen LogP contribution in [-0.2, 0) is 0 Å². The zero-order valence-electron chi connectivity index (χ0n) is 8.01. The highest BCUT2D eigenvalue weighted by atomic mass is 79.9. The first-order chi connectivity index (χ1) is 7.02. The number of hydrogen-bond acceptors (Lipinski definition) is 4. The fraction of sp³-hybridized carbons (Fsp3) is 0.250. The summed E-state index contributed by atoms with van der Waals surface area (Å²) >= 11 is 2.94. The summed E-state index contributed by atoms with van der Waals surface area (Å²) in [7, 11) is 2.68. The van der Waals surface area contributed by atoms with Crippen LogP contribution >= 0.6 is 15.9 Å². The summed E-state index contributed by atoms with van der Waals surface area (Å²) in [5.74, 6) is -0.720. The lowest BCUT2D eigenvalue weighted by Gasteiger charge is -2.08. The predicted octanol–water partition coefficient (Wildman–Crippen LogP) is 2.55. The highest BCUT2D eigenvalue weighted by molar-refractivity contribution is 9.10. The summed E-state index contributed by atoms with van der Waals surface area (Å²) in [4.78, 5) is 10.0. The standard InChI is InChI=1S/C8H8BrFN2O3/c1-11-7-6(10)4(9)3-5(15-2)8(7)12(13)14/h3,11H,1-2H3. The van der Waals surface area contributed by atoms with Crippen molar-refractivity contribution < 1.29 is 14.1 Å². The smallest absolute Gasteiger partial charge is 0.336 e. The van der Waals surface area contributed by atoms with Crippen LogP contribution in [-0.4, -0.2) is 19.1 Å². The Morgan fingerprint density at radius 3 is 2.67 bits per heavy atom. The molecule has 0 aliphatic heterocycles. The van der Waals surface area contributed by atoms with Crippen LogP contribution in [0.15, 0.2) is 10.5 Å². The number of nitro benzene ring substituents is 1. The third-order valence-electron chi connectivity index (χ3n) is 1.81. The summed E-state index contributed by atoms with van der Waals surface area (Å²) in [5.41, 5.74) is -0.619. The second kappa shape index (κ2) is 4.43. The Balaban J connectivity index is 3.56. The molecule has 0 radical (unpaired) electrons. The van der Waals surface area contributed by atoms with Gasteiger partial charge in [-0.3, -0.25) is 10.1 Å². The second-order valence-corrected chi connectivity index (χ2v) is 3.46. The van der Waals surface area contributed by atoms with Gasteiger partial charge < -0.3 is 10.1 Å². The summed E-state index contributed by atoms with van der Waals surface area (Å²) < 4.78 is 18.4. The molecule has 15 heavy (non-hydrogen) atoms. The van der Waals surface area contributed by atoms with Crippen LogP contribution in [0.2, 0.25) is 0 Å². The maximum absolute atomic E-state index is 13.5. The number of hydrogen-bond donors (Lipinski definition) is 1. The number of nitrogens with one attached hydrogen (secondary N) is 1. The molecule has 0 unspecified atom stereocenters. The average molecular weight is 279 g/mol. The molecule has 5 nitrogen and oxygen atoms in total. The first-order valence-electron chi connectivity index (χ1n) is 3.91. The Kier molecular flexibility index (Phi) is 3.46. The van der Waals surface area contributed by atoms with Crippen LogP contribution in [0.5, 0.6) is 5.75 Å². The zero-order valence-corrected chi connectivity index (χ0v) is 9.59. The van der Waals surface area contributed by atoms with Gasteiger partial charge in [0.25, 0.3) is 0 Å². The van der Waals surface area contributed by atoms with E-state index in [1.807, 2.05) is 0 Å². The van der Waals surface area contributed by atoms with Gasteiger partial charge in [0.05, 0.1) is 16.5 Å². The van der Waals surface area contributed by atoms with E-state index >= 15 is 0 Å². The molecule has 0 aromatic heterocycles. The minimum atomic E-state index is -0.718. The molecule has 0 amide bonds. The van der Waals surface area contributed by atoms with Crippen molar-refractivity contribution in [2.75, 3.05) is 19.5 Å². The summed E-state index contributed by atoms with van der Waals surface area (Å²) in [6.45, 7) is 0. The third-order valence-corrected chi connectivity index (χ3v) is 2.39. The maximum atomic E-state index is 13.5. The van der Waals surface area contributed by atoms with E-state index in [9.17, 15) is 14.5 Å². The van der Waals surface area contributed by atoms with Crippen molar-refractivity contribution >= 4 is 27.3 Å². The number of nitro groups is 1. The fourth-order valence-electron chi connectivity index (χ4n) is 1.16. The quantitative estimate of drug-likeness (QED) is 0.682. The molecule has 1 aromatic carbocycles. The van der Waals surface area contributed by atoms with Crippen LogP contribution < -0.4 is 10.1 Å². The maximum Gasteiger partial charge on any atom is 0.336 e. The van der Waals surface area contributed by atoms with Crippen molar-refractivity contribution in [3.05, 3.63) is 26.5 Å². The Bertz CT molecular complexity index is 411. The Hall–Kier alpha value is -1.37. The molecule has 82 valence electrons. The van der Waals surface area contributed by atoms with Gasteiger partial charge in [0, 0.05) is 13.1 Å². The van der Waals surface area contributed by atoms with Gasteiger partial charge in [-0.25, -0.2) is 4.39 Å². The number of ether oxygens (including phenoxy) is 1. The minimum absolute atomic E-state index is 0.00220. The molecule has 1 rings (SSSR count). The molecule has 0 spiro atoms. The van der Waals surface area contributed by atoms with E-state index in [4.69, 9.17) is 4.74 Å². The molecule has 0 fully saturated rings. The Labute approximate surface area is 93.5 Å². The molecule has 0 saturated heterocycles. The third kappa shape index (κ3) is 2.01. The van der Waals surface area contributed by atoms with E-state index in [1.165, 1.54) is 20.2 Å². The average Bonchev–Trinajstić information content (AvgIpc) is 2.20. The minimum Gasteiger partial charge on any atom is -0.490 e. The highest BCUT2D eigenvalue weighted by Gasteiger charge is 2.26. The van der Waals surface area contributed by atoms with Gasteiger partial charge in [0.1, 0.15) is 0 Å². The molecule has 0 bridgehead atoms. The molecule has 0 atom stereocenters. The molecule has 1 N–H and O–H groups in total.